The van der Waals surface area contributed by atoms with E-state index in [9.17, 15) is 9.90 Å². The fourth-order valence-electron chi connectivity index (χ4n) is 3.30. The Balaban J connectivity index is 0.000000239. The van der Waals surface area contributed by atoms with Crippen molar-refractivity contribution >= 4 is 16.9 Å². The van der Waals surface area contributed by atoms with Gasteiger partial charge in [-0.05, 0) is 38.0 Å². The Morgan fingerprint density at radius 3 is 2.00 bits per heavy atom. The van der Waals surface area contributed by atoms with Gasteiger partial charge in [0.15, 0.2) is 0 Å². The van der Waals surface area contributed by atoms with Crippen LogP contribution >= 0.6 is 0 Å². The number of rotatable bonds is 3. The lowest BCUT2D eigenvalue weighted by Crippen LogP contribution is -2.04. The van der Waals surface area contributed by atoms with Gasteiger partial charge in [-0.1, -0.05) is 77.9 Å². The number of aromatic nitrogens is 1. The van der Waals surface area contributed by atoms with Crippen molar-refractivity contribution in [2.24, 2.45) is 5.73 Å². The second-order valence-corrected chi connectivity index (χ2v) is 7.34. The summed E-state index contributed by atoms with van der Waals surface area (Å²) in [7, 11) is 0. The molecule has 3 aromatic carbocycles. The Morgan fingerprint density at radius 1 is 0.867 bits per heavy atom. The van der Waals surface area contributed by atoms with Crippen LogP contribution in [0.5, 0.6) is 0 Å². The van der Waals surface area contributed by atoms with E-state index in [4.69, 9.17) is 5.73 Å². The molecule has 152 valence electrons. The molecule has 0 spiro atoms. The van der Waals surface area contributed by atoms with Gasteiger partial charge in [-0.2, -0.15) is 0 Å². The molecule has 0 fully saturated rings. The second kappa shape index (κ2) is 9.33. The van der Waals surface area contributed by atoms with Gasteiger partial charge >= 0.3 is 5.97 Å². The van der Waals surface area contributed by atoms with Crippen molar-refractivity contribution in [3.8, 4) is 11.3 Å². The Hall–Kier alpha value is -3.50. The van der Waals surface area contributed by atoms with Crippen LogP contribution in [0.3, 0.4) is 0 Å². The molecule has 0 saturated heterocycles. The van der Waals surface area contributed by atoms with Crippen LogP contribution < -0.4 is 5.73 Å². The van der Waals surface area contributed by atoms with E-state index in [1.54, 1.807) is 6.07 Å². The third-order valence-corrected chi connectivity index (χ3v) is 5.03. The molecule has 4 nitrogen and oxygen atoms in total. The Morgan fingerprint density at radius 2 is 1.43 bits per heavy atom. The van der Waals surface area contributed by atoms with E-state index in [2.05, 4.69) is 36.2 Å². The summed E-state index contributed by atoms with van der Waals surface area (Å²) >= 11 is 0. The maximum atomic E-state index is 11.6. The largest absolute Gasteiger partial charge is 0.478 e. The second-order valence-electron chi connectivity index (χ2n) is 7.34. The van der Waals surface area contributed by atoms with Gasteiger partial charge < -0.3 is 10.8 Å². The number of aromatic carboxylic acids is 1. The predicted octanol–water partition coefficient (Wildman–Crippen LogP) is 5.67. The Labute approximate surface area is 177 Å². The maximum Gasteiger partial charge on any atom is 0.336 e. The summed E-state index contributed by atoms with van der Waals surface area (Å²) in [5, 5.41) is 10.2. The van der Waals surface area contributed by atoms with Gasteiger partial charge in [0.2, 0.25) is 0 Å². The molecule has 0 bridgehead atoms. The monoisotopic (exact) mass is 398 g/mol. The van der Waals surface area contributed by atoms with Gasteiger partial charge in [0.05, 0.1) is 16.8 Å². The number of para-hydroxylation sites is 1. The first-order valence-corrected chi connectivity index (χ1v) is 9.86. The van der Waals surface area contributed by atoms with Crippen molar-refractivity contribution in [2.75, 3.05) is 0 Å². The average Bonchev–Trinajstić information content (AvgIpc) is 2.75. The molecule has 0 atom stereocenters. The van der Waals surface area contributed by atoms with Gasteiger partial charge in [0.25, 0.3) is 0 Å². The highest BCUT2D eigenvalue weighted by molar-refractivity contribution is 6.05. The molecule has 3 N–H and O–H groups in total. The summed E-state index contributed by atoms with van der Waals surface area (Å²) < 4.78 is 0. The van der Waals surface area contributed by atoms with E-state index in [0.29, 0.717) is 28.6 Å². The number of pyridine rings is 1. The first-order chi connectivity index (χ1) is 14.4. The summed E-state index contributed by atoms with van der Waals surface area (Å²) in [5.41, 5.74) is 12.4. The first-order valence-electron chi connectivity index (χ1n) is 9.86. The molecule has 1 heterocycles. The lowest BCUT2D eigenvalue weighted by atomic mass is 9.97. The van der Waals surface area contributed by atoms with Crippen molar-refractivity contribution in [3.63, 3.8) is 0 Å². The first kappa shape index (κ1) is 21.2. The zero-order chi connectivity index (χ0) is 21.7. The number of hydrogen-bond acceptors (Lipinski definition) is 3. The fraction of sp³-hybridized carbons (Fsp3) is 0.154. The molecule has 4 rings (SSSR count). The quantitative estimate of drug-likeness (QED) is 0.466. The number of carboxylic acid groups (broad SMARTS) is 1. The zero-order valence-electron chi connectivity index (χ0n) is 17.5. The minimum Gasteiger partial charge on any atom is -0.478 e. The van der Waals surface area contributed by atoms with Crippen LogP contribution in [0.15, 0.2) is 72.8 Å². The maximum absolute atomic E-state index is 11.6. The number of carboxylic acids is 1. The third-order valence-electron chi connectivity index (χ3n) is 5.03. The topological polar surface area (TPSA) is 76.2 Å². The predicted molar refractivity (Wildman–Crippen MR) is 123 cm³/mol. The molecule has 0 aliphatic rings. The molecule has 0 radical (unpaired) electrons. The summed E-state index contributed by atoms with van der Waals surface area (Å²) in [6, 6.07) is 23.6. The standard InChI is InChI=1S/C18H15NO2.C8H11N/c1-11-7-9-13(10-8-11)17-12(2)16(18(20)21)14-5-3-4-6-15(14)19-17;1-7-2-4-8(6-9)5-3-7/h3-10H,1-2H3,(H,20,21);2-5H,6,9H2,1H3. The summed E-state index contributed by atoms with van der Waals surface area (Å²) in [6.45, 7) is 6.55. The molecule has 1 aromatic heterocycles. The lowest BCUT2D eigenvalue weighted by Gasteiger charge is -2.12. The van der Waals surface area contributed by atoms with Crippen LogP contribution in [-0.4, -0.2) is 16.1 Å². The number of fused-ring (bicyclic) bond motifs is 1. The highest BCUT2D eigenvalue weighted by atomic mass is 16.4. The van der Waals surface area contributed by atoms with Crippen molar-refractivity contribution in [2.45, 2.75) is 27.3 Å². The number of benzene rings is 3. The lowest BCUT2D eigenvalue weighted by molar-refractivity contribution is 0.0698. The van der Waals surface area contributed by atoms with Crippen LogP contribution in [0.1, 0.15) is 32.6 Å². The highest BCUT2D eigenvalue weighted by Gasteiger charge is 2.17. The van der Waals surface area contributed by atoms with Crippen LogP contribution in [0.4, 0.5) is 0 Å². The molecule has 0 aliphatic carbocycles. The summed E-state index contributed by atoms with van der Waals surface area (Å²) in [4.78, 5) is 16.3. The van der Waals surface area contributed by atoms with Crippen LogP contribution in [-0.2, 0) is 6.54 Å². The number of carbonyl (C=O) groups is 1. The van der Waals surface area contributed by atoms with Crippen LogP contribution in [0.25, 0.3) is 22.2 Å². The summed E-state index contributed by atoms with van der Waals surface area (Å²) in [6.07, 6.45) is 0. The van der Waals surface area contributed by atoms with E-state index in [1.165, 1.54) is 11.1 Å². The Bertz CT molecular complexity index is 1160. The number of nitrogens with zero attached hydrogens (tertiary/aromatic N) is 1. The Kier molecular flexibility index (Phi) is 6.60. The molecule has 4 heteroatoms. The minimum absolute atomic E-state index is 0.330. The van der Waals surface area contributed by atoms with Crippen molar-refractivity contribution in [1.82, 2.24) is 4.98 Å². The average molecular weight is 399 g/mol. The molecule has 30 heavy (non-hydrogen) atoms. The van der Waals surface area contributed by atoms with E-state index in [1.807, 2.05) is 56.3 Å². The normalized spacial score (nSPS) is 10.4. The van der Waals surface area contributed by atoms with Crippen molar-refractivity contribution in [1.29, 1.82) is 0 Å². The molecule has 4 aromatic rings. The van der Waals surface area contributed by atoms with Gasteiger partial charge in [-0.15, -0.1) is 0 Å². The minimum atomic E-state index is -0.917. The van der Waals surface area contributed by atoms with Crippen LogP contribution in [0.2, 0.25) is 0 Å². The van der Waals surface area contributed by atoms with Crippen LogP contribution in [0, 0.1) is 20.8 Å². The third kappa shape index (κ3) is 4.73. The molecule has 0 aliphatic heterocycles. The molecule has 0 amide bonds. The van der Waals surface area contributed by atoms with Gasteiger partial charge in [0.1, 0.15) is 0 Å². The highest BCUT2D eigenvalue weighted by Crippen LogP contribution is 2.29. The molecule has 0 unspecified atom stereocenters. The fourth-order valence-corrected chi connectivity index (χ4v) is 3.30. The van der Waals surface area contributed by atoms with Crippen molar-refractivity contribution < 1.29 is 9.90 Å². The smallest absolute Gasteiger partial charge is 0.336 e. The van der Waals surface area contributed by atoms with Gasteiger partial charge in [-0.3, -0.25) is 0 Å². The van der Waals surface area contributed by atoms with Crippen molar-refractivity contribution in [3.05, 3.63) is 101 Å². The SMILES string of the molecule is Cc1ccc(-c2nc3ccccc3c(C(=O)O)c2C)cc1.Cc1ccc(CN)cc1. The van der Waals surface area contributed by atoms with E-state index in [0.717, 1.165) is 16.8 Å². The zero-order valence-corrected chi connectivity index (χ0v) is 17.5. The van der Waals surface area contributed by atoms with E-state index >= 15 is 0 Å². The summed E-state index contributed by atoms with van der Waals surface area (Å²) in [5.74, 6) is -0.917. The van der Waals surface area contributed by atoms with E-state index in [-0.39, 0.29) is 0 Å². The van der Waals surface area contributed by atoms with E-state index < -0.39 is 5.97 Å². The number of nitrogens with two attached hydrogens (primary N) is 1. The number of hydrogen-bond donors (Lipinski definition) is 2. The molecule has 0 saturated carbocycles. The molecular formula is C26H26N2O2. The van der Waals surface area contributed by atoms with Gasteiger partial charge in [-0.25, -0.2) is 9.78 Å². The number of aryl methyl sites for hydroxylation is 2. The van der Waals surface area contributed by atoms with Gasteiger partial charge in [0, 0.05) is 17.5 Å². The molecular weight excluding hydrogens is 372 g/mol.